The van der Waals surface area contributed by atoms with Gasteiger partial charge in [-0.3, -0.25) is 0 Å². The summed E-state index contributed by atoms with van der Waals surface area (Å²) in [7, 11) is 0. The van der Waals surface area contributed by atoms with Crippen LogP contribution >= 0.6 is 0 Å². The number of ether oxygens (including phenoxy) is 1. The highest BCUT2D eigenvalue weighted by Gasteiger charge is 2.52. The van der Waals surface area contributed by atoms with Gasteiger partial charge in [-0.25, -0.2) is 0 Å². The summed E-state index contributed by atoms with van der Waals surface area (Å²) in [4.78, 5) is 0. The van der Waals surface area contributed by atoms with Crippen molar-refractivity contribution in [2.45, 2.75) is 38.8 Å². The van der Waals surface area contributed by atoms with Gasteiger partial charge in [-0.1, -0.05) is 30.4 Å². The average Bonchev–Trinajstić information content (AvgIpc) is 2.33. The highest BCUT2D eigenvalue weighted by Crippen LogP contribution is 2.51. The number of rotatable bonds is 0. The molecule has 2 aliphatic carbocycles. The molecule has 0 spiro atoms. The van der Waals surface area contributed by atoms with E-state index in [2.05, 4.69) is 49.5 Å². The molecule has 0 aromatic rings. The number of fused-ring (bicyclic) bond motifs is 3. The molecule has 3 atom stereocenters. The van der Waals surface area contributed by atoms with E-state index in [4.69, 9.17) is 4.74 Å². The monoisotopic (exact) mass is 229 g/mol. The zero-order chi connectivity index (χ0) is 12.1. The lowest BCUT2D eigenvalue weighted by Crippen LogP contribution is -2.59. The molecule has 2 heteroatoms. The van der Waals surface area contributed by atoms with Gasteiger partial charge in [0.25, 0.3) is 0 Å². The predicted molar refractivity (Wildman–Crippen MR) is 69.3 cm³/mol. The van der Waals surface area contributed by atoms with Crippen molar-refractivity contribution in [3.63, 3.8) is 0 Å². The topological polar surface area (TPSA) is 21.3 Å². The molecule has 3 aliphatic rings. The third-order valence-corrected chi connectivity index (χ3v) is 4.44. The number of hydrogen-bond donors (Lipinski definition) is 1. The molecule has 0 saturated heterocycles. The second-order valence-corrected chi connectivity index (χ2v) is 5.53. The first-order chi connectivity index (χ1) is 8.05. The number of allylic oxidation sites excluding steroid dienone is 3. The molecule has 3 unspecified atom stereocenters. The van der Waals surface area contributed by atoms with E-state index in [1.807, 2.05) is 13.1 Å². The van der Waals surface area contributed by atoms with Crippen molar-refractivity contribution in [2.24, 2.45) is 5.41 Å². The van der Waals surface area contributed by atoms with E-state index in [0.717, 1.165) is 12.2 Å². The fraction of sp³-hybridized carbons (Fsp3) is 0.467. The number of nitrogens with one attached hydrogen (secondary N) is 1. The molecule has 0 saturated carbocycles. The Labute approximate surface area is 103 Å². The Morgan fingerprint density at radius 3 is 2.88 bits per heavy atom. The zero-order valence-electron chi connectivity index (χ0n) is 10.7. The Bertz CT molecular complexity index is 471. The molecule has 3 rings (SSSR count). The lowest BCUT2D eigenvalue weighted by molar-refractivity contribution is 0.0963. The molecule has 90 valence electrons. The van der Waals surface area contributed by atoms with E-state index in [0.29, 0.717) is 0 Å². The molecule has 2 nitrogen and oxygen atoms in total. The van der Waals surface area contributed by atoms with E-state index in [-0.39, 0.29) is 17.1 Å². The maximum atomic E-state index is 6.00. The zero-order valence-corrected chi connectivity index (χ0v) is 10.7. The van der Waals surface area contributed by atoms with E-state index < -0.39 is 0 Å². The molecule has 0 fully saturated rings. The van der Waals surface area contributed by atoms with Gasteiger partial charge in [0.2, 0.25) is 0 Å². The maximum Gasteiger partial charge on any atom is 0.124 e. The summed E-state index contributed by atoms with van der Waals surface area (Å²) in [5.74, 6) is 0.958. The quantitative estimate of drug-likeness (QED) is 0.645. The highest BCUT2D eigenvalue weighted by atomic mass is 16.5. The Morgan fingerprint density at radius 2 is 2.18 bits per heavy atom. The summed E-state index contributed by atoms with van der Waals surface area (Å²) in [6, 6.07) is 0. The van der Waals surface area contributed by atoms with Crippen LogP contribution in [0.1, 0.15) is 27.2 Å². The van der Waals surface area contributed by atoms with E-state index in [1.54, 1.807) is 0 Å². The fourth-order valence-electron chi connectivity index (χ4n) is 2.91. The van der Waals surface area contributed by atoms with Gasteiger partial charge in [-0.2, -0.15) is 0 Å². The van der Waals surface area contributed by atoms with Crippen LogP contribution in [0.5, 0.6) is 0 Å². The van der Waals surface area contributed by atoms with Crippen molar-refractivity contribution in [1.29, 1.82) is 0 Å². The van der Waals surface area contributed by atoms with Gasteiger partial charge in [0.05, 0.1) is 5.54 Å². The van der Waals surface area contributed by atoms with Gasteiger partial charge in [0.15, 0.2) is 0 Å². The van der Waals surface area contributed by atoms with Crippen LogP contribution in [0.25, 0.3) is 0 Å². The minimum Gasteiger partial charge on any atom is -0.489 e. The molecule has 0 aromatic carbocycles. The van der Waals surface area contributed by atoms with Gasteiger partial charge >= 0.3 is 0 Å². The van der Waals surface area contributed by atoms with Crippen molar-refractivity contribution in [1.82, 2.24) is 5.32 Å². The lowest BCUT2D eigenvalue weighted by atomic mass is 9.57. The van der Waals surface area contributed by atoms with Crippen LogP contribution in [0, 0.1) is 5.41 Å². The first kappa shape index (κ1) is 10.7. The van der Waals surface area contributed by atoms with Crippen molar-refractivity contribution in [3.05, 3.63) is 47.9 Å². The molecule has 1 N–H and O–H groups in total. The summed E-state index contributed by atoms with van der Waals surface area (Å²) in [5, 5.41) is 3.48. The standard InChI is InChI=1S/C15H19NO/c1-11-10-16-15(3)9-8-14(15,2)12-6-4-5-7-13(12)17-11/h4-6,8-10,13,16H,7H2,1-3H3/b11-10-. The minimum atomic E-state index is 0.00725. The summed E-state index contributed by atoms with van der Waals surface area (Å²) in [6.07, 6.45) is 14.2. The van der Waals surface area contributed by atoms with E-state index >= 15 is 0 Å². The van der Waals surface area contributed by atoms with E-state index in [1.165, 1.54) is 5.57 Å². The third-order valence-electron chi connectivity index (χ3n) is 4.44. The first-order valence-electron chi connectivity index (χ1n) is 6.24. The summed E-state index contributed by atoms with van der Waals surface area (Å²) >= 11 is 0. The third kappa shape index (κ3) is 1.33. The van der Waals surface area contributed by atoms with Crippen LogP contribution in [-0.2, 0) is 4.74 Å². The van der Waals surface area contributed by atoms with Crippen LogP contribution in [0.15, 0.2) is 47.9 Å². The smallest absolute Gasteiger partial charge is 0.124 e. The largest absolute Gasteiger partial charge is 0.489 e. The SMILES string of the molecule is C/C1=C/NC2(C)C=CC2(C)C2=CC=CCC2O1. The molecule has 0 amide bonds. The Balaban J connectivity index is 2.10. The molecule has 0 bridgehead atoms. The molecular weight excluding hydrogens is 210 g/mol. The predicted octanol–water partition coefficient (Wildman–Crippen LogP) is 3.06. The Morgan fingerprint density at radius 1 is 1.35 bits per heavy atom. The number of hydrogen-bond acceptors (Lipinski definition) is 2. The van der Waals surface area contributed by atoms with Gasteiger partial charge in [-0.05, 0) is 26.3 Å². The second-order valence-electron chi connectivity index (χ2n) is 5.53. The summed E-state index contributed by atoms with van der Waals surface area (Å²) in [6.45, 7) is 6.55. The molecular formula is C15H19NO. The maximum absolute atomic E-state index is 6.00. The van der Waals surface area contributed by atoms with Gasteiger partial charge in [0, 0.05) is 18.0 Å². The van der Waals surface area contributed by atoms with Crippen LogP contribution in [0.4, 0.5) is 0 Å². The summed E-state index contributed by atoms with van der Waals surface area (Å²) < 4.78 is 6.00. The molecule has 1 heterocycles. The second kappa shape index (κ2) is 3.28. The van der Waals surface area contributed by atoms with Crippen LogP contribution in [-0.4, -0.2) is 11.6 Å². The van der Waals surface area contributed by atoms with Crippen molar-refractivity contribution < 1.29 is 4.74 Å². The summed E-state index contributed by atoms with van der Waals surface area (Å²) in [5.41, 5.74) is 1.44. The van der Waals surface area contributed by atoms with Crippen molar-refractivity contribution in [3.8, 4) is 0 Å². The molecule has 0 aromatic heterocycles. The molecule has 1 aliphatic heterocycles. The molecule has 0 radical (unpaired) electrons. The van der Waals surface area contributed by atoms with E-state index in [9.17, 15) is 0 Å². The average molecular weight is 229 g/mol. The minimum absolute atomic E-state index is 0.00725. The normalized spacial score (nSPS) is 45.7. The first-order valence-corrected chi connectivity index (χ1v) is 6.24. The Hall–Kier alpha value is -1.44. The van der Waals surface area contributed by atoms with Crippen molar-refractivity contribution in [2.75, 3.05) is 0 Å². The van der Waals surface area contributed by atoms with Crippen LogP contribution in [0.2, 0.25) is 0 Å². The van der Waals surface area contributed by atoms with Crippen molar-refractivity contribution >= 4 is 0 Å². The fourth-order valence-corrected chi connectivity index (χ4v) is 2.91. The van der Waals surface area contributed by atoms with Crippen LogP contribution in [0.3, 0.4) is 0 Å². The molecule has 17 heavy (non-hydrogen) atoms. The lowest BCUT2D eigenvalue weighted by Gasteiger charge is -2.54. The van der Waals surface area contributed by atoms with Crippen LogP contribution < -0.4 is 5.32 Å². The highest BCUT2D eigenvalue weighted by molar-refractivity contribution is 5.46. The van der Waals surface area contributed by atoms with Gasteiger partial charge < -0.3 is 10.1 Å². The Kier molecular flexibility index (Phi) is 2.07. The van der Waals surface area contributed by atoms with Gasteiger partial charge in [0.1, 0.15) is 11.9 Å². The van der Waals surface area contributed by atoms with Gasteiger partial charge in [-0.15, -0.1) is 0 Å².